The SMILES string of the molecule is Fc1cccc([C@H]2CC[C@H](NCc3csnn3)C2)c1. The molecule has 0 unspecified atom stereocenters. The largest absolute Gasteiger partial charge is 0.308 e. The molecule has 0 saturated heterocycles. The summed E-state index contributed by atoms with van der Waals surface area (Å²) in [5, 5.41) is 9.50. The van der Waals surface area contributed by atoms with Crippen LogP contribution in [0.25, 0.3) is 0 Å². The van der Waals surface area contributed by atoms with Crippen molar-refractivity contribution < 1.29 is 4.39 Å². The zero-order chi connectivity index (χ0) is 13.1. The molecule has 3 nitrogen and oxygen atoms in total. The van der Waals surface area contributed by atoms with E-state index in [0.717, 1.165) is 37.1 Å². The number of nitrogens with one attached hydrogen (secondary N) is 1. The van der Waals surface area contributed by atoms with Crippen molar-refractivity contribution in [1.29, 1.82) is 0 Å². The fourth-order valence-corrected chi connectivity index (χ4v) is 3.19. The third kappa shape index (κ3) is 3.16. The number of hydrogen-bond donors (Lipinski definition) is 1. The van der Waals surface area contributed by atoms with Crippen LogP contribution in [-0.4, -0.2) is 15.6 Å². The fraction of sp³-hybridized carbons (Fsp3) is 0.429. The number of benzene rings is 1. The first-order valence-electron chi connectivity index (χ1n) is 6.56. The average molecular weight is 277 g/mol. The van der Waals surface area contributed by atoms with Crippen LogP contribution in [0.1, 0.15) is 36.4 Å². The van der Waals surface area contributed by atoms with Crippen molar-refractivity contribution in [2.45, 2.75) is 37.8 Å². The van der Waals surface area contributed by atoms with Crippen molar-refractivity contribution in [2.75, 3.05) is 0 Å². The molecule has 1 heterocycles. The topological polar surface area (TPSA) is 37.8 Å². The summed E-state index contributed by atoms with van der Waals surface area (Å²) in [5.41, 5.74) is 2.12. The second kappa shape index (κ2) is 5.75. The second-order valence-electron chi connectivity index (χ2n) is 5.04. The van der Waals surface area contributed by atoms with Gasteiger partial charge >= 0.3 is 0 Å². The van der Waals surface area contributed by atoms with E-state index in [9.17, 15) is 4.39 Å². The highest BCUT2D eigenvalue weighted by molar-refractivity contribution is 7.03. The molecule has 1 aliphatic rings. The van der Waals surface area contributed by atoms with Gasteiger partial charge in [0.2, 0.25) is 0 Å². The van der Waals surface area contributed by atoms with Crippen LogP contribution < -0.4 is 5.32 Å². The molecule has 1 aromatic heterocycles. The Balaban J connectivity index is 1.55. The van der Waals surface area contributed by atoms with Crippen molar-refractivity contribution in [3.63, 3.8) is 0 Å². The van der Waals surface area contributed by atoms with E-state index in [1.807, 2.05) is 11.4 Å². The van der Waals surface area contributed by atoms with E-state index in [4.69, 9.17) is 0 Å². The van der Waals surface area contributed by atoms with Gasteiger partial charge in [-0.25, -0.2) is 4.39 Å². The van der Waals surface area contributed by atoms with E-state index in [1.165, 1.54) is 17.6 Å². The summed E-state index contributed by atoms with van der Waals surface area (Å²) in [4.78, 5) is 0. The molecule has 3 rings (SSSR count). The lowest BCUT2D eigenvalue weighted by Gasteiger charge is -2.12. The van der Waals surface area contributed by atoms with Gasteiger partial charge in [0, 0.05) is 18.0 Å². The molecule has 1 aromatic carbocycles. The fourth-order valence-electron chi connectivity index (χ4n) is 2.74. The van der Waals surface area contributed by atoms with Crippen molar-refractivity contribution >= 4 is 11.5 Å². The van der Waals surface area contributed by atoms with E-state index in [-0.39, 0.29) is 5.82 Å². The average Bonchev–Trinajstić information content (AvgIpc) is 3.08. The van der Waals surface area contributed by atoms with E-state index >= 15 is 0 Å². The number of halogens is 1. The van der Waals surface area contributed by atoms with Crippen LogP contribution >= 0.6 is 11.5 Å². The normalized spacial score (nSPS) is 22.8. The van der Waals surface area contributed by atoms with Crippen molar-refractivity contribution in [3.8, 4) is 0 Å². The Kier molecular flexibility index (Phi) is 3.84. The number of aromatic nitrogens is 2. The highest BCUT2D eigenvalue weighted by Crippen LogP contribution is 2.34. The van der Waals surface area contributed by atoms with Gasteiger partial charge in [0.05, 0.1) is 5.69 Å². The Morgan fingerprint density at radius 1 is 1.37 bits per heavy atom. The van der Waals surface area contributed by atoms with Gasteiger partial charge in [0.25, 0.3) is 0 Å². The first-order chi connectivity index (χ1) is 9.31. The Morgan fingerprint density at radius 2 is 2.32 bits per heavy atom. The highest BCUT2D eigenvalue weighted by Gasteiger charge is 2.25. The number of rotatable bonds is 4. The molecule has 100 valence electrons. The summed E-state index contributed by atoms with van der Waals surface area (Å²) in [6, 6.07) is 7.49. The van der Waals surface area contributed by atoms with Gasteiger partial charge in [0.1, 0.15) is 5.82 Å². The molecule has 1 saturated carbocycles. The molecule has 0 bridgehead atoms. The summed E-state index contributed by atoms with van der Waals surface area (Å²) in [6.45, 7) is 0.775. The predicted octanol–water partition coefficient (Wildman–Crippen LogP) is 3.10. The monoisotopic (exact) mass is 277 g/mol. The Bertz CT molecular complexity index is 529. The van der Waals surface area contributed by atoms with Gasteiger partial charge in [-0.1, -0.05) is 16.6 Å². The highest BCUT2D eigenvalue weighted by atomic mass is 32.1. The lowest BCUT2D eigenvalue weighted by Crippen LogP contribution is -2.25. The molecule has 1 fully saturated rings. The molecule has 5 heteroatoms. The molecular formula is C14H16FN3S. The summed E-state index contributed by atoms with van der Waals surface area (Å²) >= 11 is 1.38. The molecular weight excluding hydrogens is 261 g/mol. The van der Waals surface area contributed by atoms with Crippen LogP contribution in [0.2, 0.25) is 0 Å². The van der Waals surface area contributed by atoms with E-state index in [1.54, 1.807) is 12.1 Å². The number of hydrogen-bond acceptors (Lipinski definition) is 4. The van der Waals surface area contributed by atoms with E-state index < -0.39 is 0 Å². The van der Waals surface area contributed by atoms with Gasteiger partial charge in [-0.05, 0) is 54.4 Å². The van der Waals surface area contributed by atoms with Gasteiger partial charge in [-0.3, -0.25) is 0 Å². The van der Waals surface area contributed by atoms with Crippen LogP contribution in [0.4, 0.5) is 4.39 Å². The molecule has 0 amide bonds. The third-order valence-corrected chi connectivity index (χ3v) is 4.28. The Labute approximate surface area is 116 Å². The maximum Gasteiger partial charge on any atom is 0.123 e. The summed E-state index contributed by atoms with van der Waals surface area (Å²) in [6.07, 6.45) is 3.33. The van der Waals surface area contributed by atoms with Gasteiger partial charge in [-0.2, -0.15) is 0 Å². The molecule has 0 spiro atoms. The van der Waals surface area contributed by atoms with Crippen molar-refractivity contribution in [1.82, 2.24) is 14.9 Å². The van der Waals surface area contributed by atoms with Crippen LogP contribution in [0.3, 0.4) is 0 Å². The Morgan fingerprint density at radius 3 is 3.11 bits per heavy atom. The standard InChI is InChI=1S/C14H16FN3S/c15-12-3-1-2-10(6-12)11-4-5-13(7-11)16-8-14-9-19-18-17-14/h1-3,6,9,11,13,16H,4-5,7-8H2/t11-,13-/m0/s1. The van der Waals surface area contributed by atoms with E-state index in [2.05, 4.69) is 14.9 Å². The lowest BCUT2D eigenvalue weighted by atomic mass is 9.97. The smallest absolute Gasteiger partial charge is 0.123 e. The van der Waals surface area contributed by atoms with Crippen LogP contribution in [0.5, 0.6) is 0 Å². The summed E-state index contributed by atoms with van der Waals surface area (Å²) < 4.78 is 17.1. The van der Waals surface area contributed by atoms with Crippen LogP contribution in [0, 0.1) is 5.82 Å². The molecule has 0 aliphatic heterocycles. The van der Waals surface area contributed by atoms with Crippen LogP contribution in [-0.2, 0) is 6.54 Å². The zero-order valence-electron chi connectivity index (χ0n) is 10.6. The van der Waals surface area contributed by atoms with Gasteiger partial charge < -0.3 is 5.32 Å². The Hall–Kier alpha value is -1.33. The minimum Gasteiger partial charge on any atom is -0.308 e. The molecule has 1 N–H and O–H groups in total. The molecule has 1 aliphatic carbocycles. The van der Waals surface area contributed by atoms with Gasteiger partial charge in [0.15, 0.2) is 0 Å². The molecule has 19 heavy (non-hydrogen) atoms. The minimum atomic E-state index is -0.137. The zero-order valence-corrected chi connectivity index (χ0v) is 11.4. The minimum absolute atomic E-state index is 0.137. The summed E-state index contributed by atoms with van der Waals surface area (Å²) in [5.74, 6) is 0.337. The first-order valence-corrected chi connectivity index (χ1v) is 7.39. The maximum atomic E-state index is 13.2. The maximum absolute atomic E-state index is 13.2. The molecule has 2 aromatic rings. The predicted molar refractivity (Wildman–Crippen MR) is 73.5 cm³/mol. The number of nitrogens with zero attached hydrogens (tertiary/aromatic N) is 2. The first kappa shape index (κ1) is 12.7. The lowest BCUT2D eigenvalue weighted by molar-refractivity contribution is 0.512. The van der Waals surface area contributed by atoms with E-state index in [0.29, 0.717) is 12.0 Å². The van der Waals surface area contributed by atoms with Crippen LogP contribution in [0.15, 0.2) is 29.6 Å². The van der Waals surface area contributed by atoms with Crippen molar-refractivity contribution in [2.24, 2.45) is 0 Å². The quantitative estimate of drug-likeness (QED) is 0.933. The molecule has 0 radical (unpaired) electrons. The molecule has 2 atom stereocenters. The third-order valence-electron chi connectivity index (χ3n) is 3.73. The summed E-state index contributed by atoms with van der Waals surface area (Å²) in [7, 11) is 0. The van der Waals surface area contributed by atoms with Crippen molar-refractivity contribution in [3.05, 3.63) is 46.7 Å². The van der Waals surface area contributed by atoms with Gasteiger partial charge in [-0.15, -0.1) is 5.10 Å². The second-order valence-corrected chi connectivity index (χ2v) is 5.65.